The van der Waals surface area contributed by atoms with Crippen molar-refractivity contribution in [1.82, 2.24) is 5.32 Å². The molecule has 1 aliphatic heterocycles. The largest absolute Gasteiger partial charge is 0.374 e. The fourth-order valence-corrected chi connectivity index (χ4v) is 2.93. The summed E-state index contributed by atoms with van der Waals surface area (Å²) in [7, 11) is 0. The molecule has 0 bridgehead atoms. The number of nitrogens with one attached hydrogen (secondary N) is 1. The molecule has 1 N–H and O–H groups in total. The van der Waals surface area contributed by atoms with E-state index in [4.69, 9.17) is 4.74 Å². The van der Waals surface area contributed by atoms with Crippen molar-refractivity contribution in [2.45, 2.75) is 39.2 Å². The molecule has 0 spiro atoms. The van der Waals surface area contributed by atoms with Crippen LogP contribution in [0.2, 0.25) is 0 Å². The Morgan fingerprint density at radius 3 is 2.73 bits per heavy atom. The summed E-state index contributed by atoms with van der Waals surface area (Å²) in [5.74, 6) is 0.328. The lowest BCUT2D eigenvalue weighted by Gasteiger charge is -2.34. The van der Waals surface area contributed by atoms with E-state index in [0.29, 0.717) is 6.54 Å². The van der Waals surface area contributed by atoms with Crippen LogP contribution in [0.3, 0.4) is 0 Å². The number of carbonyl (C=O) groups excluding carboxylic acids is 1. The van der Waals surface area contributed by atoms with Gasteiger partial charge >= 0.3 is 0 Å². The summed E-state index contributed by atoms with van der Waals surface area (Å²) in [5, 5.41) is 3.05. The summed E-state index contributed by atoms with van der Waals surface area (Å²) in [4.78, 5) is 14.3. The zero-order valence-electron chi connectivity index (χ0n) is 13.8. The molecule has 1 aliphatic rings. The second-order valence-corrected chi connectivity index (χ2v) is 5.87. The zero-order valence-corrected chi connectivity index (χ0v) is 13.8. The maximum absolute atomic E-state index is 12.0. The van der Waals surface area contributed by atoms with Crippen LogP contribution in [0.4, 0.5) is 5.69 Å². The predicted molar refractivity (Wildman–Crippen MR) is 90.1 cm³/mol. The number of hydrogen-bond donors (Lipinski definition) is 1. The monoisotopic (exact) mass is 304 g/mol. The molecule has 1 aromatic carbocycles. The summed E-state index contributed by atoms with van der Waals surface area (Å²) in [6.07, 6.45) is 2.87. The minimum absolute atomic E-state index is 0.146. The SMILES string of the molecule is CCC(CC)C(=O)NCCC1CN(c2ccccc2)CCO1. The molecule has 4 nitrogen and oxygen atoms in total. The molecule has 4 heteroatoms. The van der Waals surface area contributed by atoms with E-state index in [2.05, 4.69) is 48.3 Å². The Morgan fingerprint density at radius 2 is 2.05 bits per heavy atom. The molecule has 1 aromatic rings. The van der Waals surface area contributed by atoms with Gasteiger partial charge in [-0.1, -0.05) is 32.0 Å². The Labute approximate surface area is 133 Å². The first-order valence-electron chi connectivity index (χ1n) is 8.43. The first-order chi connectivity index (χ1) is 10.7. The van der Waals surface area contributed by atoms with Crippen LogP contribution in [-0.4, -0.2) is 38.3 Å². The van der Waals surface area contributed by atoms with E-state index in [1.54, 1.807) is 0 Å². The fraction of sp³-hybridized carbons (Fsp3) is 0.611. The van der Waals surface area contributed by atoms with Crippen molar-refractivity contribution in [3.63, 3.8) is 0 Å². The zero-order chi connectivity index (χ0) is 15.8. The van der Waals surface area contributed by atoms with Gasteiger partial charge in [0.1, 0.15) is 0 Å². The lowest BCUT2D eigenvalue weighted by Crippen LogP contribution is -2.44. The summed E-state index contributed by atoms with van der Waals surface area (Å²) in [6, 6.07) is 10.4. The third-order valence-electron chi connectivity index (χ3n) is 4.38. The third kappa shape index (κ3) is 4.73. The number of carbonyl (C=O) groups is 1. The molecule has 0 aliphatic carbocycles. The van der Waals surface area contributed by atoms with Gasteiger partial charge in [0.25, 0.3) is 0 Å². The maximum atomic E-state index is 12.0. The van der Waals surface area contributed by atoms with Crippen LogP contribution in [0.25, 0.3) is 0 Å². The predicted octanol–water partition coefficient (Wildman–Crippen LogP) is 2.83. The summed E-state index contributed by atoms with van der Waals surface area (Å²) < 4.78 is 5.83. The van der Waals surface area contributed by atoms with Gasteiger partial charge in [0.2, 0.25) is 5.91 Å². The average molecular weight is 304 g/mol. The number of benzene rings is 1. The molecule has 1 heterocycles. The quantitative estimate of drug-likeness (QED) is 0.842. The van der Waals surface area contributed by atoms with Gasteiger partial charge in [-0.25, -0.2) is 0 Å². The smallest absolute Gasteiger partial charge is 0.223 e. The van der Waals surface area contributed by atoms with Gasteiger partial charge in [-0.15, -0.1) is 0 Å². The highest BCUT2D eigenvalue weighted by molar-refractivity contribution is 5.78. The van der Waals surface area contributed by atoms with Crippen molar-refractivity contribution < 1.29 is 9.53 Å². The van der Waals surface area contributed by atoms with Crippen LogP contribution in [-0.2, 0) is 9.53 Å². The van der Waals surface area contributed by atoms with Crippen LogP contribution in [0.15, 0.2) is 30.3 Å². The molecule has 0 aromatic heterocycles. The van der Waals surface area contributed by atoms with Crippen LogP contribution in [0.5, 0.6) is 0 Å². The molecule has 1 atom stereocenters. The van der Waals surface area contributed by atoms with Gasteiger partial charge in [-0.05, 0) is 31.4 Å². The highest BCUT2D eigenvalue weighted by Crippen LogP contribution is 2.18. The summed E-state index contributed by atoms with van der Waals surface area (Å²) in [6.45, 7) is 7.40. The molecule has 0 radical (unpaired) electrons. The Morgan fingerprint density at radius 1 is 1.32 bits per heavy atom. The van der Waals surface area contributed by atoms with Crippen LogP contribution in [0.1, 0.15) is 33.1 Å². The van der Waals surface area contributed by atoms with Crippen molar-refractivity contribution in [1.29, 1.82) is 0 Å². The van der Waals surface area contributed by atoms with E-state index >= 15 is 0 Å². The van der Waals surface area contributed by atoms with Gasteiger partial charge in [0.15, 0.2) is 0 Å². The average Bonchev–Trinajstić information content (AvgIpc) is 2.57. The molecular formula is C18H28N2O2. The lowest BCUT2D eigenvalue weighted by molar-refractivity contribution is -0.125. The summed E-state index contributed by atoms with van der Waals surface area (Å²) >= 11 is 0. The molecular weight excluding hydrogens is 276 g/mol. The number of rotatable bonds is 7. The Balaban J connectivity index is 1.75. The van der Waals surface area contributed by atoms with E-state index in [0.717, 1.165) is 39.0 Å². The molecule has 1 fully saturated rings. The van der Waals surface area contributed by atoms with Crippen molar-refractivity contribution >= 4 is 11.6 Å². The van der Waals surface area contributed by atoms with Gasteiger partial charge in [0, 0.05) is 31.2 Å². The highest BCUT2D eigenvalue weighted by atomic mass is 16.5. The van der Waals surface area contributed by atoms with Crippen LogP contribution < -0.4 is 10.2 Å². The second kappa shape index (κ2) is 8.79. The van der Waals surface area contributed by atoms with Crippen molar-refractivity contribution in [3.05, 3.63) is 30.3 Å². The molecule has 1 saturated heterocycles. The van der Waals surface area contributed by atoms with Crippen LogP contribution in [0, 0.1) is 5.92 Å². The van der Waals surface area contributed by atoms with Gasteiger partial charge in [-0.2, -0.15) is 0 Å². The Hall–Kier alpha value is -1.55. The number of ether oxygens (including phenoxy) is 1. The second-order valence-electron chi connectivity index (χ2n) is 5.87. The number of nitrogens with zero attached hydrogens (tertiary/aromatic N) is 1. The van der Waals surface area contributed by atoms with E-state index in [-0.39, 0.29) is 17.9 Å². The van der Waals surface area contributed by atoms with E-state index in [1.807, 2.05) is 6.07 Å². The highest BCUT2D eigenvalue weighted by Gasteiger charge is 2.21. The maximum Gasteiger partial charge on any atom is 0.223 e. The Kier molecular flexibility index (Phi) is 6.72. The molecule has 0 saturated carbocycles. The number of para-hydroxylation sites is 1. The number of hydrogen-bond acceptors (Lipinski definition) is 3. The van der Waals surface area contributed by atoms with Gasteiger partial charge in [0.05, 0.1) is 12.7 Å². The van der Waals surface area contributed by atoms with E-state index in [9.17, 15) is 4.79 Å². The van der Waals surface area contributed by atoms with Crippen molar-refractivity contribution in [2.75, 3.05) is 31.1 Å². The van der Waals surface area contributed by atoms with Crippen LogP contribution >= 0.6 is 0 Å². The number of amides is 1. The number of anilines is 1. The molecule has 1 amide bonds. The standard InChI is InChI=1S/C18H28N2O2/c1-3-15(4-2)18(21)19-11-10-17-14-20(12-13-22-17)16-8-6-5-7-9-16/h5-9,15,17H,3-4,10-14H2,1-2H3,(H,19,21). The minimum atomic E-state index is 0.146. The van der Waals surface area contributed by atoms with Gasteiger partial charge in [-0.3, -0.25) is 4.79 Å². The van der Waals surface area contributed by atoms with E-state index in [1.165, 1.54) is 5.69 Å². The number of morpholine rings is 1. The van der Waals surface area contributed by atoms with E-state index < -0.39 is 0 Å². The molecule has 122 valence electrons. The first kappa shape index (κ1) is 16.8. The third-order valence-corrected chi connectivity index (χ3v) is 4.38. The van der Waals surface area contributed by atoms with Gasteiger partial charge < -0.3 is 15.0 Å². The first-order valence-corrected chi connectivity index (χ1v) is 8.43. The van der Waals surface area contributed by atoms with Crippen molar-refractivity contribution in [3.8, 4) is 0 Å². The Bertz CT molecular complexity index is 446. The van der Waals surface area contributed by atoms with Crippen molar-refractivity contribution in [2.24, 2.45) is 5.92 Å². The minimum Gasteiger partial charge on any atom is -0.374 e. The summed E-state index contributed by atoms with van der Waals surface area (Å²) in [5.41, 5.74) is 1.25. The molecule has 22 heavy (non-hydrogen) atoms. The lowest BCUT2D eigenvalue weighted by atomic mass is 10.0. The topological polar surface area (TPSA) is 41.6 Å². The molecule has 2 rings (SSSR count). The molecule has 1 unspecified atom stereocenters. The fourth-order valence-electron chi connectivity index (χ4n) is 2.93. The normalized spacial score (nSPS) is 18.5.